The average molecular weight is 296 g/mol. The Morgan fingerprint density at radius 1 is 1.09 bits per heavy atom. The molecule has 1 aromatic heterocycles. The summed E-state index contributed by atoms with van der Waals surface area (Å²) in [7, 11) is 0. The smallest absolute Gasteiger partial charge is 0.295 e. The lowest BCUT2D eigenvalue weighted by molar-refractivity contribution is 0.101. The molecule has 1 heterocycles. The molecule has 0 saturated carbocycles. The number of halogens is 1. The van der Waals surface area contributed by atoms with E-state index in [2.05, 4.69) is 15.4 Å². The van der Waals surface area contributed by atoms with Crippen LogP contribution in [0.15, 0.2) is 54.6 Å². The van der Waals surface area contributed by atoms with Gasteiger partial charge in [0, 0.05) is 5.69 Å². The number of anilines is 1. The number of rotatable bonds is 3. The minimum absolute atomic E-state index is 0.0608. The fourth-order valence-corrected chi connectivity index (χ4v) is 2.02. The van der Waals surface area contributed by atoms with E-state index in [0.29, 0.717) is 11.5 Å². The molecule has 0 radical (unpaired) electrons. The van der Waals surface area contributed by atoms with Crippen LogP contribution in [0.25, 0.3) is 5.69 Å². The van der Waals surface area contributed by atoms with Crippen molar-refractivity contribution in [1.29, 1.82) is 0 Å². The zero-order chi connectivity index (χ0) is 15.5. The van der Waals surface area contributed by atoms with Crippen LogP contribution in [-0.4, -0.2) is 20.7 Å². The van der Waals surface area contributed by atoms with Crippen LogP contribution < -0.4 is 5.32 Å². The summed E-state index contributed by atoms with van der Waals surface area (Å²) in [6.45, 7) is 1.77. The highest BCUT2D eigenvalue weighted by Gasteiger charge is 2.15. The third kappa shape index (κ3) is 2.85. The number of hydrogen-bond donors (Lipinski definition) is 1. The van der Waals surface area contributed by atoms with Crippen LogP contribution in [0.4, 0.5) is 10.1 Å². The largest absolute Gasteiger partial charge is 0.319 e. The van der Waals surface area contributed by atoms with Gasteiger partial charge >= 0.3 is 0 Å². The molecule has 2 aromatic carbocycles. The molecule has 0 unspecified atom stereocenters. The zero-order valence-corrected chi connectivity index (χ0v) is 11.8. The Hall–Kier alpha value is -3.02. The second-order valence-corrected chi connectivity index (χ2v) is 4.69. The van der Waals surface area contributed by atoms with Crippen LogP contribution in [0.1, 0.15) is 16.4 Å². The maximum Gasteiger partial charge on any atom is 0.295 e. The van der Waals surface area contributed by atoms with E-state index in [9.17, 15) is 9.18 Å². The number of aryl methyl sites for hydroxylation is 1. The van der Waals surface area contributed by atoms with Crippen molar-refractivity contribution in [3.05, 3.63) is 72.1 Å². The number of nitrogens with one attached hydrogen (secondary N) is 1. The Bertz CT molecular complexity index is 797. The number of benzene rings is 2. The van der Waals surface area contributed by atoms with Crippen molar-refractivity contribution in [3.8, 4) is 5.69 Å². The van der Waals surface area contributed by atoms with Crippen molar-refractivity contribution in [2.45, 2.75) is 6.92 Å². The van der Waals surface area contributed by atoms with E-state index in [1.165, 1.54) is 24.3 Å². The van der Waals surface area contributed by atoms with Crippen molar-refractivity contribution in [3.63, 3.8) is 0 Å². The summed E-state index contributed by atoms with van der Waals surface area (Å²) in [6, 6.07) is 14.9. The van der Waals surface area contributed by atoms with E-state index >= 15 is 0 Å². The Labute approximate surface area is 126 Å². The van der Waals surface area contributed by atoms with Crippen LogP contribution in [0, 0.1) is 12.7 Å². The number of para-hydroxylation sites is 1. The van der Waals surface area contributed by atoms with Gasteiger partial charge in [-0.25, -0.2) is 14.1 Å². The Balaban J connectivity index is 1.83. The first-order valence-corrected chi connectivity index (χ1v) is 6.69. The normalized spacial score (nSPS) is 10.5. The minimum atomic E-state index is -0.440. The SMILES string of the molecule is Cc1nc(C(=O)Nc2ccc(F)cc2)nn1-c1ccccc1. The monoisotopic (exact) mass is 296 g/mol. The lowest BCUT2D eigenvalue weighted by Crippen LogP contribution is -2.14. The highest BCUT2D eigenvalue weighted by Crippen LogP contribution is 2.12. The molecule has 110 valence electrons. The van der Waals surface area contributed by atoms with Gasteiger partial charge < -0.3 is 5.32 Å². The molecule has 1 N–H and O–H groups in total. The average Bonchev–Trinajstić information content (AvgIpc) is 2.92. The highest BCUT2D eigenvalue weighted by molar-refractivity contribution is 6.01. The summed E-state index contributed by atoms with van der Waals surface area (Å²) in [5, 5.41) is 6.85. The predicted octanol–water partition coefficient (Wildman–Crippen LogP) is 2.97. The Morgan fingerprint density at radius 2 is 1.77 bits per heavy atom. The van der Waals surface area contributed by atoms with E-state index in [0.717, 1.165) is 5.69 Å². The van der Waals surface area contributed by atoms with Gasteiger partial charge in [0.05, 0.1) is 5.69 Å². The standard InChI is InChI=1S/C16H13FN4O/c1-11-18-15(20-21(11)14-5-3-2-4-6-14)16(22)19-13-9-7-12(17)8-10-13/h2-10H,1H3,(H,19,22). The molecule has 0 aliphatic heterocycles. The first kappa shape index (κ1) is 13.9. The van der Waals surface area contributed by atoms with Crippen molar-refractivity contribution >= 4 is 11.6 Å². The first-order valence-electron chi connectivity index (χ1n) is 6.69. The molecular weight excluding hydrogens is 283 g/mol. The molecule has 0 spiro atoms. The maximum atomic E-state index is 12.9. The van der Waals surface area contributed by atoms with Gasteiger partial charge in [0.15, 0.2) is 0 Å². The molecule has 0 aliphatic rings. The summed E-state index contributed by atoms with van der Waals surface area (Å²) < 4.78 is 14.4. The second-order valence-electron chi connectivity index (χ2n) is 4.69. The molecule has 0 saturated heterocycles. The number of nitrogens with zero attached hydrogens (tertiary/aromatic N) is 3. The minimum Gasteiger partial charge on any atom is -0.319 e. The van der Waals surface area contributed by atoms with Crippen molar-refractivity contribution in [2.75, 3.05) is 5.32 Å². The number of amides is 1. The maximum absolute atomic E-state index is 12.9. The molecule has 6 heteroatoms. The summed E-state index contributed by atoms with van der Waals surface area (Å²) in [5.74, 6) is -0.133. The zero-order valence-electron chi connectivity index (χ0n) is 11.8. The van der Waals surface area contributed by atoms with E-state index < -0.39 is 5.91 Å². The van der Waals surface area contributed by atoms with Gasteiger partial charge in [0.1, 0.15) is 11.6 Å². The lowest BCUT2D eigenvalue weighted by Gasteiger charge is -2.02. The van der Waals surface area contributed by atoms with Gasteiger partial charge in [-0.2, -0.15) is 0 Å². The van der Waals surface area contributed by atoms with Crippen LogP contribution in [0.3, 0.4) is 0 Å². The molecule has 3 aromatic rings. The number of carbonyl (C=O) groups is 1. The Kier molecular flexibility index (Phi) is 3.65. The van der Waals surface area contributed by atoms with E-state index in [1.807, 2.05) is 30.3 Å². The van der Waals surface area contributed by atoms with E-state index in [-0.39, 0.29) is 11.6 Å². The fourth-order valence-electron chi connectivity index (χ4n) is 2.02. The summed E-state index contributed by atoms with van der Waals surface area (Å²) in [5.41, 5.74) is 1.31. The quantitative estimate of drug-likeness (QED) is 0.808. The molecule has 0 fully saturated rings. The van der Waals surface area contributed by atoms with E-state index in [1.54, 1.807) is 11.6 Å². The van der Waals surface area contributed by atoms with Crippen molar-refractivity contribution in [2.24, 2.45) is 0 Å². The van der Waals surface area contributed by atoms with Crippen LogP contribution in [0.5, 0.6) is 0 Å². The first-order chi connectivity index (χ1) is 10.6. The van der Waals surface area contributed by atoms with E-state index in [4.69, 9.17) is 0 Å². The molecular formula is C16H13FN4O. The topological polar surface area (TPSA) is 59.8 Å². The van der Waals surface area contributed by atoms with Gasteiger partial charge in [-0.3, -0.25) is 4.79 Å². The summed E-state index contributed by atoms with van der Waals surface area (Å²) in [6.07, 6.45) is 0. The lowest BCUT2D eigenvalue weighted by atomic mass is 10.3. The predicted molar refractivity (Wildman–Crippen MR) is 80.4 cm³/mol. The molecule has 0 aliphatic carbocycles. The summed E-state index contributed by atoms with van der Waals surface area (Å²) in [4.78, 5) is 16.3. The second kappa shape index (κ2) is 5.77. The van der Waals surface area contributed by atoms with Gasteiger partial charge in [-0.1, -0.05) is 18.2 Å². The third-order valence-corrected chi connectivity index (χ3v) is 3.07. The molecule has 5 nitrogen and oxygen atoms in total. The van der Waals surface area contributed by atoms with Gasteiger partial charge in [0.25, 0.3) is 5.91 Å². The number of hydrogen-bond acceptors (Lipinski definition) is 3. The number of carbonyl (C=O) groups excluding carboxylic acids is 1. The van der Waals surface area contributed by atoms with Gasteiger partial charge in [0.2, 0.25) is 5.82 Å². The molecule has 1 amide bonds. The van der Waals surface area contributed by atoms with Crippen LogP contribution in [0.2, 0.25) is 0 Å². The summed E-state index contributed by atoms with van der Waals surface area (Å²) >= 11 is 0. The molecule has 0 atom stereocenters. The van der Waals surface area contributed by atoms with Crippen molar-refractivity contribution in [1.82, 2.24) is 14.8 Å². The number of aromatic nitrogens is 3. The molecule has 0 bridgehead atoms. The van der Waals surface area contributed by atoms with Gasteiger partial charge in [-0.05, 0) is 43.3 Å². The van der Waals surface area contributed by atoms with Gasteiger partial charge in [-0.15, -0.1) is 5.10 Å². The molecule has 3 rings (SSSR count). The Morgan fingerprint density at radius 3 is 2.45 bits per heavy atom. The fraction of sp³-hybridized carbons (Fsp3) is 0.0625. The van der Waals surface area contributed by atoms with Crippen LogP contribution in [-0.2, 0) is 0 Å². The van der Waals surface area contributed by atoms with Crippen LogP contribution >= 0.6 is 0 Å². The van der Waals surface area contributed by atoms with Crippen molar-refractivity contribution < 1.29 is 9.18 Å². The highest BCUT2D eigenvalue weighted by atomic mass is 19.1. The third-order valence-electron chi connectivity index (χ3n) is 3.07. The molecule has 22 heavy (non-hydrogen) atoms.